The second kappa shape index (κ2) is 9.18. The number of hydrogen-bond acceptors (Lipinski definition) is 2. The van der Waals surface area contributed by atoms with Gasteiger partial charge in [0.05, 0.1) is 13.2 Å². The van der Waals surface area contributed by atoms with Crippen LogP contribution in [0.5, 0.6) is 0 Å². The highest BCUT2D eigenvalue weighted by Crippen LogP contribution is 2.45. The summed E-state index contributed by atoms with van der Waals surface area (Å²) in [6.07, 6.45) is 4.54. The van der Waals surface area contributed by atoms with Gasteiger partial charge in [-0.15, -0.1) is 24.0 Å². The smallest absolute Gasteiger partial charge is 0.191 e. The summed E-state index contributed by atoms with van der Waals surface area (Å²) in [5.41, 5.74) is 0.456. The van der Waals surface area contributed by atoms with Crippen molar-refractivity contribution in [2.45, 2.75) is 66.3 Å². The highest BCUT2D eigenvalue weighted by atomic mass is 127. The SMILES string of the molecule is CCNC(=NCC1(CO)CC1)NC(C)CCC(C)(C)C.I. The molecule has 1 saturated carbocycles. The van der Waals surface area contributed by atoms with Gasteiger partial charge in [-0.1, -0.05) is 20.8 Å². The Balaban J connectivity index is 0.00000400. The van der Waals surface area contributed by atoms with Crippen LogP contribution in [0, 0.1) is 10.8 Å². The molecule has 0 heterocycles. The van der Waals surface area contributed by atoms with Crippen molar-refractivity contribution in [3.8, 4) is 0 Å². The van der Waals surface area contributed by atoms with Crippen molar-refractivity contribution in [1.29, 1.82) is 0 Å². The van der Waals surface area contributed by atoms with E-state index in [9.17, 15) is 5.11 Å². The van der Waals surface area contributed by atoms with E-state index in [2.05, 4.69) is 50.2 Å². The van der Waals surface area contributed by atoms with Crippen molar-refractivity contribution in [2.75, 3.05) is 19.7 Å². The second-order valence-corrected chi connectivity index (χ2v) is 7.50. The molecule has 0 saturated heterocycles. The van der Waals surface area contributed by atoms with E-state index >= 15 is 0 Å². The van der Waals surface area contributed by atoms with Crippen LogP contribution in [0.15, 0.2) is 4.99 Å². The zero-order valence-corrected chi connectivity index (χ0v) is 16.7. The van der Waals surface area contributed by atoms with Crippen LogP contribution in [-0.4, -0.2) is 36.8 Å². The van der Waals surface area contributed by atoms with Gasteiger partial charge in [-0.05, 0) is 44.9 Å². The number of nitrogens with one attached hydrogen (secondary N) is 2. The van der Waals surface area contributed by atoms with Crippen LogP contribution < -0.4 is 10.6 Å². The molecule has 5 heteroatoms. The Labute approximate surface area is 147 Å². The van der Waals surface area contributed by atoms with Crippen LogP contribution in [0.3, 0.4) is 0 Å². The number of aliphatic imine (C=N–C) groups is 1. The molecule has 21 heavy (non-hydrogen) atoms. The maximum absolute atomic E-state index is 9.34. The first-order chi connectivity index (χ1) is 9.30. The molecule has 4 nitrogen and oxygen atoms in total. The quantitative estimate of drug-likeness (QED) is 0.343. The monoisotopic (exact) mass is 411 g/mol. The predicted octanol–water partition coefficient (Wildman–Crippen LogP) is 3.15. The zero-order valence-electron chi connectivity index (χ0n) is 14.3. The van der Waals surface area contributed by atoms with Crippen LogP contribution in [0.2, 0.25) is 0 Å². The van der Waals surface area contributed by atoms with Crippen molar-refractivity contribution in [3.63, 3.8) is 0 Å². The van der Waals surface area contributed by atoms with Gasteiger partial charge in [0.15, 0.2) is 5.96 Å². The van der Waals surface area contributed by atoms with Gasteiger partial charge in [0.2, 0.25) is 0 Å². The van der Waals surface area contributed by atoms with Crippen LogP contribution in [0.1, 0.15) is 60.3 Å². The topological polar surface area (TPSA) is 56.7 Å². The summed E-state index contributed by atoms with van der Waals surface area (Å²) >= 11 is 0. The molecule has 3 N–H and O–H groups in total. The molecule has 0 amide bonds. The molecule has 0 radical (unpaired) electrons. The van der Waals surface area contributed by atoms with Gasteiger partial charge >= 0.3 is 0 Å². The highest BCUT2D eigenvalue weighted by molar-refractivity contribution is 14.0. The predicted molar refractivity (Wildman–Crippen MR) is 101 cm³/mol. The van der Waals surface area contributed by atoms with Crippen molar-refractivity contribution >= 4 is 29.9 Å². The Morgan fingerprint density at radius 2 is 1.95 bits per heavy atom. The van der Waals surface area contributed by atoms with Gasteiger partial charge in [0.25, 0.3) is 0 Å². The first-order valence-corrected chi connectivity index (χ1v) is 7.96. The summed E-state index contributed by atoms with van der Waals surface area (Å²) in [5.74, 6) is 0.883. The molecule has 0 aromatic heterocycles. The maximum atomic E-state index is 9.34. The number of hydrogen-bond donors (Lipinski definition) is 3. The summed E-state index contributed by atoms with van der Waals surface area (Å²) in [7, 11) is 0. The van der Waals surface area contributed by atoms with E-state index in [1.54, 1.807) is 0 Å². The molecule has 0 bridgehead atoms. The number of nitrogens with zero attached hydrogens (tertiary/aromatic N) is 1. The van der Waals surface area contributed by atoms with E-state index < -0.39 is 0 Å². The van der Waals surface area contributed by atoms with Gasteiger partial charge in [0, 0.05) is 18.0 Å². The Morgan fingerprint density at radius 1 is 1.33 bits per heavy atom. The molecule has 0 aromatic carbocycles. The van der Waals surface area contributed by atoms with Crippen LogP contribution in [0.25, 0.3) is 0 Å². The number of aliphatic hydroxyl groups is 1. The molecular formula is C16H34IN3O. The van der Waals surface area contributed by atoms with Crippen molar-refractivity contribution in [2.24, 2.45) is 15.8 Å². The van der Waals surface area contributed by atoms with E-state index in [1.165, 1.54) is 6.42 Å². The average molecular weight is 411 g/mol. The van der Waals surface area contributed by atoms with Gasteiger partial charge in [-0.25, -0.2) is 0 Å². The number of aliphatic hydroxyl groups excluding tert-OH is 1. The van der Waals surface area contributed by atoms with Gasteiger partial charge in [-0.2, -0.15) is 0 Å². The molecule has 1 atom stereocenters. The molecule has 1 unspecified atom stereocenters. The average Bonchev–Trinajstić information content (AvgIpc) is 3.14. The van der Waals surface area contributed by atoms with Crippen molar-refractivity contribution in [3.05, 3.63) is 0 Å². The number of rotatable bonds is 7. The van der Waals surface area contributed by atoms with E-state index in [-0.39, 0.29) is 36.0 Å². The van der Waals surface area contributed by atoms with E-state index in [4.69, 9.17) is 0 Å². The lowest BCUT2D eigenvalue weighted by Gasteiger charge is -2.23. The fourth-order valence-corrected chi connectivity index (χ4v) is 2.06. The third kappa shape index (κ3) is 8.86. The summed E-state index contributed by atoms with van der Waals surface area (Å²) in [6, 6.07) is 0.413. The summed E-state index contributed by atoms with van der Waals surface area (Å²) in [6.45, 7) is 13.0. The Hall–Kier alpha value is -0.0400. The van der Waals surface area contributed by atoms with Gasteiger partial charge < -0.3 is 15.7 Å². The van der Waals surface area contributed by atoms with Crippen molar-refractivity contribution in [1.82, 2.24) is 10.6 Å². The van der Waals surface area contributed by atoms with Gasteiger partial charge in [-0.3, -0.25) is 4.99 Å². The largest absolute Gasteiger partial charge is 0.396 e. The molecule has 0 aliphatic heterocycles. The fourth-order valence-electron chi connectivity index (χ4n) is 2.06. The molecule has 1 aliphatic carbocycles. The normalized spacial score (nSPS) is 18.7. The second-order valence-electron chi connectivity index (χ2n) is 7.50. The molecule has 1 aliphatic rings. The maximum Gasteiger partial charge on any atom is 0.191 e. The zero-order chi connectivity index (χ0) is 15.2. The highest BCUT2D eigenvalue weighted by Gasteiger charge is 2.41. The summed E-state index contributed by atoms with van der Waals surface area (Å²) in [5, 5.41) is 16.1. The number of guanidine groups is 1. The first-order valence-electron chi connectivity index (χ1n) is 7.96. The molecular weight excluding hydrogens is 377 g/mol. The minimum atomic E-state index is 0. The lowest BCUT2D eigenvalue weighted by Crippen LogP contribution is -2.43. The third-order valence-electron chi connectivity index (χ3n) is 3.92. The number of halogens is 1. The van der Waals surface area contributed by atoms with E-state index in [0.29, 0.717) is 11.5 Å². The summed E-state index contributed by atoms with van der Waals surface area (Å²) < 4.78 is 0. The van der Waals surface area contributed by atoms with Crippen LogP contribution in [-0.2, 0) is 0 Å². The van der Waals surface area contributed by atoms with Crippen LogP contribution >= 0.6 is 24.0 Å². The van der Waals surface area contributed by atoms with Crippen molar-refractivity contribution < 1.29 is 5.11 Å². The lowest BCUT2D eigenvalue weighted by atomic mass is 9.89. The first kappa shape index (κ1) is 21.0. The Morgan fingerprint density at radius 3 is 2.38 bits per heavy atom. The third-order valence-corrected chi connectivity index (χ3v) is 3.92. The minimum Gasteiger partial charge on any atom is -0.396 e. The van der Waals surface area contributed by atoms with E-state index in [1.807, 2.05) is 0 Å². The Bertz CT molecular complexity index is 322. The fraction of sp³-hybridized carbons (Fsp3) is 0.938. The standard InChI is InChI=1S/C16H33N3O.HI/c1-6-17-14(18-11-16(12-20)9-10-16)19-13(2)7-8-15(3,4)5;/h13,20H,6-12H2,1-5H3,(H2,17,18,19);1H. The molecule has 0 aromatic rings. The Kier molecular flexibility index (Phi) is 9.16. The molecule has 126 valence electrons. The molecule has 0 spiro atoms. The lowest BCUT2D eigenvalue weighted by molar-refractivity contribution is 0.216. The molecule has 1 fully saturated rings. The summed E-state index contributed by atoms with van der Waals surface area (Å²) in [4.78, 5) is 4.64. The molecule has 1 rings (SSSR count). The van der Waals surface area contributed by atoms with E-state index in [0.717, 1.165) is 38.3 Å². The van der Waals surface area contributed by atoms with Gasteiger partial charge in [0.1, 0.15) is 0 Å². The minimum absolute atomic E-state index is 0. The van der Waals surface area contributed by atoms with Crippen LogP contribution in [0.4, 0.5) is 0 Å².